The molecule has 2 fully saturated rings. The molecule has 46 heavy (non-hydrogen) atoms. The van der Waals surface area contributed by atoms with Gasteiger partial charge >= 0.3 is 0 Å². The fourth-order valence-electron chi connectivity index (χ4n) is 6.97. The Balaban J connectivity index is 1.31. The molecule has 13 heteroatoms. The number of hydrogen-bond donors (Lipinski definition) is 2. The van der Waals surface area contributed by atoms with E-state index < -0.39 is 32.0 Å². The van der Waals surface area contributed by atoms with Crippen molar-refractivity contribution in [3.63, 3.8) is 0 Å². The molecular formula is C33H43F2N7O3S. The molecule has 2 N–H and O–H groups in total. The molecule has 1 atom stereocenters. The Morgan fingerprint density at radius 3 is 2.33 bits per heavy atom. The molecule has 3 aliphatic heterocycles. The second-order valence-electron chi connectivity index (χ2n) is 13.5. The number of nitrogens with one attached hydrogen (secondary N) is 2. The van der Waals surface area contributed by atoms with Gasteiger partial charge in [-0.2, -0.15) is 9.40 Å². The number of aromatic nitrogens is 2. The number of carbonyl (C=O) groups is 1. The van der Waals surface area contributed by atoms with Crippen molar-refractivity contribution in [2.45, 2.75) is 62.9 Å². The lowest BCUT2D eigenvalue weighted by atomic mass is 9.84. The van der Waals surface area contributed by atoms with Gasteiger partial charge in [-0.3, -0.25) is 14.8 Å². The van der Waals surface area contributed by atoms with E-state index >= 15 is 0 Å². The van der Waals surface area contributed by atoms with Gasteiger partial charge in [0, 0.05) is 79.3 Å². The minimum Gasteiger partial charge on any atom is -0.369 e. The van der Waals surface area contributed by atoms with E-state index in [0.29, 0.717) is 22.9 Å². The Labute approximate surface area is 269 Å². The van der Waals surface area contributed by atoms with Crippen LogP contribution in [0.5, 0.6) is 0 Å². The summed E-state index contributed by atoms with van der Waals surface area (Å²) in [5, 5.41) is 10.4. The second kappa shape index (κ2) is 12.7. The van der Waals surface area contributed by atoms with Crippen molar-refractivity contribution >= 4 is 27.4 Å². The monoisotopic (exact) mass is 655 g/mol. The van der Waals surface area contributed by atoms with Crippen LogP contribution < -0.4 is 10.2 Å². The van der Waals surface area contributed by atoms with Gasteiger partial charge in [-0.25, -0.2) is 17.2 Å². The van der Waals surface area contributed by atoms with Crippen molar-refractivity contribution in [3.8, 4) is 0 Å². The Hall–Kier alpha value is -3.39. The Morgan fingerprint density at radius 2 is 1.65 bits per heavy atom. The lowest BCUT2D eigenvalue weighted by Crippen LogP contribution is -2.45. The highest BCUT2D eigenvalue weighted by Gasteiger charge is 2.41. The number of hydrogen-bond acceptors (Lipinski definition) is 7. The standard InChI is InChI=1S/C33H43F2N7O3S/c1-22(40-10-6-5-7-11-40)28-19-25(41-14-12-39(4)13-15-41)8-9-27(28)32(43)36-31-29-20-42(21-33(2,3)30(29)37-38-31)46(44,45)26-17-23(34)16-24(35)18-26/h8-9,16-19,22H,5-7,10-15,20-21H2,1-4H3,(H2,36,37,38,43). The molecule has 0 radical (unpaired) electrons. The maximum Gasteiger partial charge on any atom is 0.257 e. The Kier molecular flexibility index (Phi) is 8.96. The van der Waals surface area contributed by atoms with Crippen molar-refractivity contribution < 1.29 is 22.0 Å². The van der Waals surface area contributed by atoms with Crippen LogP contribution in [0.15, 0.2) is 41.3 Å². The average molecular weight is 656 g/mol. The second-order valence-corrected chi connectivity index (χ2v) is 15.4. The van der Waals surface area contributed by atoms with Crippen LogP contribution in [0.4, 0.5) is 20.3 Å². The molecule has 3 aromatic rings. The first kappa shape index (κ1) is 32.5. The van der Waals surface area contributed by atoms with E-state index in [-0.39, 0.29) is 30.9 Å². The molecule has 1 aromatic heterocycles. The molecule has 0 spiro atoms. The number of aromatic amines is 1. The highest BCUT2D eigenvalue weighted by Crippen LogP contribution is 2.38. The number of sulfonamides is 1. The van der Waals surface area contributed by atoms with Gasteiger partial charge in [0.2, 0.25) is 10.0 Å². The normalized spacial score (nSPS) is 20.3. The first-order valence-electron chi connectivity index (χ1n) is 16.0. The molecule has 1 amide bonds. The van der Waals surface area contributed by atoms with Crippen molar-refractivity contribution in [2.24, 2.45) is 0 Å². The number of anilines is 2. The number of carbonyl (C=O) groups excluding carboxylic acids is 1. The summed E-state index contributed by atoms with van der Waals surface area (Å²) in [5.74, 6) is -2.04. The van der Waals surface area contributed by atoms with Gasteiger partial charge in [0.05, 0.1) is 4.90 Å². The highest BCUT2D eigenvalue weighted by atomic mass is 32.2. The maximum absolute atomic E-state index is 14.1. The van der Waals surface area contributed by atoms with Gasteiger partial charge in [-0.15, -0.1) is 0 Å². The molecule has 2 saturated heterocycles. The van der Waals surface area contributed by atoms with Gasteiger partial charge in [-0.1, -0.05) is 20.3 Å². The largest absolute Gasteiger partial charge is 0.369 e. The van der Waals surface area contributed by atoms with Crippen LogP contribution in [0.25, 0.3) is 0 Å². The molecule has 0 aliphatic carbocycles. The van der Waals surface area contributed by atoms with Crippen LogP contribution >= 0.6 is 0 Å². The van der Waals surface area contributed by atoms with E-state index in [1.54, 1.807) is 0 Å². The Morgan fingerprint density at radius 1 is 0.978 bits per heavy atom. The minimum absolute atomic E-state index is 0.0211. The summed E-state index contributed by atoms with van der Waals surface area (Å²) in [6, 6.07) is 8.33. The number of piperazine rings is 1. The van der Waals surface area contributed by atoms with E-state index in [0.717, 1.165) is 75.5 Å². The van der Waals surface area contributed by atoms with Gasteiger partial charge in [0.25, 0.3) is 5.91 Å². The quantitative estimate of drug-likeness (QED) is 0.380. The van der Waals surface area contributed by atoms with Crippen LogP contribution in [-0.2, 0) is 22.0 Å². The van der Waals surface area contributed by atoms with E-state index in [9.17, 15) is 22.0 Å². The number of fused-ring (bicyclic) bond motifs is 1. The highest BCUT2D eigenvalue weighted by molar-refractivity contribution is 7.89. The summed E-state index contributed by atoms with van der Waals surface area (Å²) in [5.41, 5.74) is 3.08. The minimum atomic E-state index is -4.26. The summed E-state index contributed by atoms with van der Waals surface area (Å²) < 4.78 is 56.3. The summed E-state index contributed by atoms with van der Waals surface area (Å²) in [7, 11) is -2.14. The van der Waals surface area contributed by atoms with E-state index in [1.807, 2.05) is 26.0 Å². The molecule has 1 unspecified atom stereocenters. The van der Waals surface area contributed by atoms with Gasteiger partial charge < -0.3 is 15.1 Å². The predicted molar refractivity (Wildman–Crippen MR) is 174 cm³/mol. The summed E-state index contributed by atoms with van der Waals surface area (Å²) in [6.07, 6.45) is 3.46. The van der Waals surface area contributed by atoms with E-state index in [4.69, 9.17) is 0 Å². The molecule has 6 rings (SSSR count). The molecule has 4 heterocycles. The van der Waals surface area contributed by atoms with E-state index in [1.165, 1.54) is 10.7 Å². The molecule has 0 saturated carbocycles. The van der Waals surface area contributed by atoms with Crippen molar-refractivity contribution in [1.29, 1.82) is 0 Å². The molecule has 0 bridgehead atoms. The maximum atomic E-state index is 14.1. The summed E-state index contributed by atoms with van der Waals surface area (Å²) >= 11 is 0. The summed E-state index contributed by atoms with van der Waals surface area (Å²) in [4.78, 5) is 20.7. The fourth-order valence-corrected chi connectivity index (χ4v) is 8.59. The lowest BCUT2D eigenvalue weighted by molar-refractivity contribution is 0.102. The predicted octanol–water partition coefficient (Wildman–Crippen LogP) is 4.72. The third-order valence-corrected chi connectivity index (χ3v) is 11.5. The number of rotatable bonds is 7. The van der Waals surface area contributed by atoms with Crippen molar-refractivity contribution in [3.05, 3.63) is 70.4 Å². The number of H-pyrrole nitrogens is 1. The van der Waals surface area contributed by atoms with Crippen LogP contribution in [-0.4, -0.2) is 91.5 Å². The zero-order valence-corrected chi connectivity index (χ0v) is 27.8. The lowest BCUT2D eigenvalue weighted by Gasteiger charge is -2.37. The van der Waals surface area contributed by atoms with Crippen LogP contribution in [0.2, 0.25) is 0 Å². The smallest absolute Gasteiger partial charge is 0.257 e. The topological polar surface area (TPSA) is 105 Å². The van der Waals surface area contributed by atoms with Crippen molar-refractivity contribution in [1.82, 2.24) is 24.3 Å². The van der Waals surface area contributed by atoms with Crippen LogP contribution in [0.1, 0.15) is 73.3 Å². The fraction of sp³-hybridized carbons (Fsp3) is 0.515. The van der Waals surface area contributed by atoms with E-state index in [2.05, 4.69) is 50.3 Å². The molecule has 248 valence electrons. The average Bonchev–Trinajstić information content (AvgIpc) is 3.44. The van der Waals surface area contributed by atoms with Gasteiger partial charge in [-0.05, 0) is 75.8 Å². The Bertz CT molecular complexity index is 1690. The molecular weight excluding hydrogens is 612 g/mol. The number of benzene rings is 2. The number of halogens is 2. The number of amides is 1. The first-order chi connectivity index (χ1) is 21.8. The molecule has 2 aromatic carbocycles. The first-order valence-corrected chi connectivity index (χ1v) is 17.4. The van der Waals surface area contributed by atoms with Crippen LogP contribution in [0, 0.1) is 11.6 Å². The van der Waals surface area contributed by atoms with Crippen molar-refractivity contribution in [2.75, 3.05) is 63.1 Å². The number of likely N-dealkylation sites (N-methyl/N-ethyl adjacent to an activating group) is 1. The third kappa shape index (κ3) is 6.42. The number of nitrogens with zero attached hydrogens (tertiary/aromatic N) is 5. The van der Waals surface area contributed by atoms with Gasteiger partial charge in [0.1, 0.15) is 11.6 Å². The molecule has 3 aliphatic rings. The number of likely N-dealkylation sites (tertiary alicyclic amines) is 1. The van der Waals surface area contributed by atoms with Crippen LogP contribution in [0.3, 0.4) is 0 Å². The third-order valence-electron chi connectivity index (χ3n) is 9.69. The number of piperidine rings is 1. The SMILES string of the molecule is CC(c1cc(N2CCN(C)CC2)ccc1C(=O)Nc1n[nH]c2c1CN(S(=O)(=O)c1cc(F)cc(F)c1)CC2(C)C)N1CCCCC1. The molecule has 10 nitrogen and oxygen atoms in total. The van der Waals surface area contributed by atoms with Gasteiger partial charge in [0.15, 0.2) is 5.82 Å². The summed E-state index contributed by atoms with van der Waals surface area (Å²) in [6.45, 7) is 11.5. The zero-order chi connectivity index (χ0) is 32.8. The zero-order valence-electron chi connectivity index (χ0n) is 26.9.